The van der Waals surface area contributed by atoms with Gasteiger partial charge in [-0.2, -0.15) is 0 Å². The molecule has 1 aromatic heterocycles. The summed E-state index contributed by atoms with van der Waals surface area (Å²) in [7, 11) is 3.14. The van der Waals surface area contributed by atoms with Crippen LogP contribution in [0.1, 0.15) is 18.5 Å². The predicted molar refractivity (Wildman–Crippen MR) is 102 cm³/mol. The van der Waals surface area contributed by atoms with Crippen molar-refractivity contribution in [3.8, 4) is 0 Å². The first kappa shape index (κ1) is 19.9. The van der Waals surface area contributed by atoms with Crippen molar-refractivity contribution in [2.45, 2.75) is 25.9 Å². The van der Waals surface area contributed by atoms with E-state index in [1.165, 1.54) is 11.8 Å². The second-order valence-corrected chi connectivity index (χ2v) is 6.36. The van der Waals surface area contributed by atoms with Crippen LogP contribution >= 0.6 is 24.0 Å². The molecule has 3 rings (SSSR count). The number of aromatic nitrogens is 3. The molecule has 2 aliphatic heterocycles. The molecular formula is C15H25IN6O3. The zero-order valence-electron chi connectivity index (χ0n) is 14.6. The lowest BCUT2D eigenvalue weighted by atomic mass is 9.87. The van der Waals surface area contributed by atoms with Crippen molar-refractivity contribution in [3.63, 3.8) is 0 Å². The number of methoxy groups -OCH3 is 1. The van der Waals surface area contributed by atoms with E-state index in [0.29, 0.717) is 12.0 Å². The Kier molecular flexibility index (Phi) is 6.99. The molecule has 3 heterocycles. The van der Waals surface area contributed by atoms with Crippen LogP contribution in [0, 0.1) is 5.41 Å². The number of likely N-dealkylation sites (tertiary alicyclic amines) is 1. The zero-order valence-corrected chi connectivity index (χ0v) is 16.9. The summed E-state index contributed by atoms with van der Waals surface area (Å²) >= 11 is 0. The molecule has 1 aromatic rings. The van der Waals surface area contributed by atoms with Crippen molar-refractivity contribution in [2.24, 2.45) is 10.4 Å². The highest BCUT2D eigenvalue weighted by Gasteiger charge is 2.42. The minimum absolute atomic E-state index is 0. The Balaban J connectivity index is 0.00000225. The summed E-state index contributed by atoms with van der Waals surface area (Å²) in [5, 5.41) is 11.3. The van der Waals surface area contributed by atoms with Crippen molar-refractivity contribution in [2.75, 3.05) is 40.5 Å². The molecule has 0 radical (unpaired) electrons. The molecule has 2 aliphatic rings. The van der Waals surface area contributed by atoms with Gasteiger partial charge in [0.2, 0.25) is 0 Å². The monoisotopic (exact) mass is 464 g/mol. The number of nitrogens with zero attached hydrogens (tertiary/aromatic N) is 5. The number of hydrogen-bond donors (Lipinski definition) is 1. The predicted octanol–water partition coefficient (Wildman–Crippen LogP) is 0.257. The summed E-state index contributed by atoms with van der Waals surface area (Å²) in [5.74, 6) is 0.512. The van der Waals surface area contributed by atoms with E-state index in [1.54, 1.807) is 13.2 Å². The summed E-state index contributed by atoms with van der Waals surface area (Å²) in [6, 6.07) is 0. The van der Waals surface area contributed by atoms with Crippen LogP contribution in [-0.2, 0) is 27.4 Å². The van der Waals surface area contributed by atoms with E-state index < -0.39 is 0 Å². The molecule has 2 fully saturated rings. The maximum absolute atomic E-state index is 11.2. The number of carbonyl (C=O) groups is 1. The lowest BCUT2D eigenvalue weighted by Gasteiger charge is -2.24. The number of hydrogen-bond acceptors (Lipinski definition) is 6. The molecule has 25 heavy (non-hydrogen) atoms. The number of ether oxygens (including phenoxy) is 2. The summed E-state index contributed by atoms with van der Waals surface area (Å²) < 4.78 is 11.6. The normalized spacial score (nSPS) is 23.0. The quantitative estimate of drug-likeness (QED) is 0.296. The lowest BCUT2D eigenvalue weighted by Crippen LogP contribution is -2.41. The number of carbonyl (C=O) groups excluding carboxylic acids is 1. The molecule has 0 amide bonds. The average Bonchev–Trinajstić information content (AvgIpc) is 3.32. The van der Waals surface area contributed by atoms with Crippen molar-refractivity contribution in [1.82, 2.24) is 25.2 Å². The minimum atomic E-state index is -0.351. The summed E-state index contributed by atoms with van der Waals surface area (Å²) in [6.45, 7) is 4.24. The van der Waals surface area contributed by atoms with E-state index in [2.05, 4.69) is 30.3 Å². The molecule has 10 heteroatoms. The number of esters is 1. The number of rotatable bonds is 4. The van der Waals surface area contributed by atoms with Crippen LogP contribution in [-0.4, -0.2) is 72.3 Å². The molecule has 1 spiro atoms. The second-order valence-electron chi connectivity index (χ2n) is 6.36. The first-order chi connectivity index (χ1) is 11.6. The van der Waals surface area contributed by atoms with Crippen LogP contribution in [0.2, 0.25) is 0 Å². The van der Waals surface area contributed by atoms with Gasteiger partial charge in [-0.05, 0) is 12.8 Å². The standard InChI is InChI=1S/C15H24N6O3.HI/c1-16-14(20-5-3-15(10-20)4-6-24-11-15)17-7-12-8-21(19-18-12)9-13(22)23-2;/h8H,3-7,9-11H2,1-2H3,(H,16,17);1H. The zero-order chi connectivity index (χ0) is 17.0. The third kappa shape index (κ3) is 4.81. The van der Waals surface area contributed by atoms with Gasteiger partial charge in [-0.25, -0.2) is 4.68 Å². The van der Waals surface area contributed by atoms with Crippen LogP contribution in [0.3, 0.4) is 0 Å². The topological polar surface area (TPSA) is 93.9 Å². The second kappa shape index (κ2) is 8.79. The molecule has 1 N–H and O–H groups in total. The van der Waals surface area contributed by atoms with Gasteiger partial charge in [-0.1, -0.05) is 5.21 Å². The maximum atomic E-state index is 11.2. The number of guanidine groups is 1. The first-order valence-electron chi connectivity index (χ1n) is 8.13. The molecule has 0 bridgehead atoms. The molecule has 0 aromatic carbocycles. The fraction of sp³-hybridized carbons (Fsp3) is 0.733. The van der Waals surface area contributed by atoms with Crippen molar-refractivity contribution in [1.29, 1.82) is 0 Å². The van der Waals surface area contributed by atoms with E-state index in [4.69, 9.17) is 4.74 Å². The summed E-state index contributed by atoms with van der Waals surface area (Å²) in [6.07, 6.45) is 4.00. The molecule has 1 atom stereocenters. The van der Waals surface area contributed by atoms with Crippen molar-refractivity contribution >= 4 is 35.9 Å². The van der Waals surface area contributed by atoms with E-state index in [1.807, 2.05) is 0 Å². The molecule has 0 aliphatic carbocycles. The van der Waals surface area contributed by atoms with Crippen LogP contribution in [0.5, 0.6) is 0 Å². The first-order valence-corrected chi connectivity index (χ1v) is 8.13. The third-order valence-electron chi connectivity index (χ3n) is 4.67. The smallest absolute Gasteiger partial charge is 0.327 e. The van der Waals surface area contributed by atoms with Crippen LogP contribution < -0.4 is 5.32 Å². The third-order valence-corrected chi connectivity index (χ3v) is 4.67. The van der Waals surface area contributed by atoms with Gasteiger partial charge in [-0.15, -0.1) is 29.1 Å². The summed E-state index contributed by atoms with van der Waals surface area (Å²) in [5.41, 5.74) is 1.04. The Labute approximate surface area is 164 Å². The maximum Gasteiger partial charge on any atom is 0.327 e. The van der Waals surface area contributed by atoms with Gasteiger partial charge in [0, 0.05) is 32.2 Å². The Morgan fingerprint density at radius 2 is 2.36 bits per heavy atom. The Morgan fingerprint density at radius 1 is 1.52 bits per heavy atom. The van der Waals surface area contributed by atoms with E-state index in [0.717, 1.165) is 50.8 Å². The highest BCUT2D eigenvalue weighted by Crippen LogP contribution is 2.38. The number of aliphatic imine (C=N–C) groups is 1. The van der Waals surface area contributed by atoms with Gasteiger partial charge in [0.25, 0.3) is 0 Å². The Bertz CT molecular complexity index is 614. The minimum Gasteiger partial charge on any atom is -0.468 e. The highest BCUT2D eigenvalue weighted by atomic mass is 127. The largest absolute Gasteiger partial charge is 0.468 e. The Hall–Kier alpha value is -1.43. The van der Waals surface area contributed by atoms with Crippen molar-refractivity contribution in [3.05, 3.63) is 11.9 Å². The van der Waals surface area contributed by atoms with Gasteiger partial charge < -0.3 is 19.7 Å². The van der Waals surface area contributed by atoms with E-state index >= 15 is 0 Å². The molecule has 2 saturated heterocycles. The van der Waals surface area contributed by atoms with Crippen LogP contribution in [0.25, 0.3) is 0 Å². The fourth-order valence-corrected chi connectivity index (χ4v) is 3.28. The molecule has 140 valence electrons. The lowest BCUT2D eigenvalue weighted by molar-refractivity contribution is -0.141. The van der Waals surface area contributed by atoms with Crippen LogP contribution in [0.15, 0.2) is 11.2 Å². The Morgan fingerprint density at radius 3 is 3.04 bits per heavy atom. The molecule has 0 saturated carbocycles. The van der Waals surface area contributed by atoms with Gasteiger partial charge >= 0.3 is 5.97 Å². The van der Waals surface area contributed by atoms with E-state index in [9.17, 15) is 4.79 Å². The van der Waals surface area contributed by atoms with E-state index in [-0.39, 0.29) is 36.5 Å². The summed E-state index contributed by atoms with van der Waals surface area (Å²) in [4.78, 5) is 17.9. The van der Waals surface area contributed by atoms with Gasteiger partial charge in [0.15, 0.2) is 5.96 Å². The van der Waals surface area contributed by atoms with Gasteiger partial charge in [0.05, 0.1) is 26.5 Å². The SMILES string of the molecule is CN=C(NCc1cn(CC(=O)OC)nn1)N1CCC2(CCOC2)C1.I. The highest BCUT2D eigenvalue weighted by molar-refractivity contribution is 14.0. The van der Waals surface area contributed by atoms with Gasteiger partial charge in [0.1, 0.15) is 12.2 Å². The van der Waals surface area contributed by atoms with Crippen molar-refractivity contribution < 1.29 is 14.3 Å². The average molecular weight is 464 g/mol. The molecule has 9 nitrogen and oxygen atoms in total. The fourth-order valence-electron chi connectivity index (χ4n) is 3.28. The van der Waals surface area contributed by atoms with Gasteiger partial charge in [-0.3, -0.25) is 9.79 Å². The number of nitrogens with one attached hydrogen (secondary N) is 1. The van der Waals surface area contributed by atoms with Crippen LogP contribution in [0.4, 0.5) is 0 Å². The number of halogens is 1. The molecular weight excluding hydrogens is 439 g/mol. The molecule has 1 unspecified atom stereocenters.